The van der Waals surface area contributed by atoms with Gasteiger partial charge in [0, 0.05) is 18.8 Å². The highest BCUT2D eigenvalue weighted by Crippen LogP contribution is 2.00. The summed E-state index contributed by atoms with van der Waals surface area (Å²) in [5.74, 6) is 0.392. The second kappa shape index (κ2) is 8.52. The third-order valence-corrected chi connectivity index (χ3v) is 2.13. The van der Waals surface area contributed by atoms with Crippen LogP contribution in [-0.2, 0) is 4.79 Å². The fourth-order valence-electron chi connectivity index (χ4n) is 0.754. The van der Waals surface area contributed by atoms with Gasteiger partial charge in [0.25, 0.3) is 0 Å². The van der Waals surface area contributed by atoms with Crippen LogP contribution in [0.15, 0.2) is 4.99 Å². The summed E-state index contributed by atoms with van der Waals surface area (Å²) in [6.07, 6.45) is 3.10. The van der Waals surface area contributed by atoms with Crippen molar-refractivity contribution in [3.63, 3.8) is 0 Å². The van der Waals surface area contributed by atoms with E-state index in [0.29, 0.717) is 25.3 Å². The Bertz CT molecular complexity index is 180. The van der Waals surface area contributed by atoms with E-state index in [9.17, 15) is 4.79 Å². The summed E-state index contributed by atoms with van der Waals surface area (Å²) >= 11 is 11.1. The highest BCUT2D eigenvalue weighted by atomic mass is 35.5. The van der Waals surface area contributed by atoms with Gasteiger partial charge in [0.15, 0.2) is 11.0 Å². The van der Waals surface area contributed by atoms with Gasteiger partial charge in [-0.05, 0) is 12.8 Å². The Labute approximate surface area is 89.3 Å². The van der Waals surface area contributed by atoms with E-state index in [1.165, 1.54) is 0 Å². The molecule has 0 saturated carbocycles. The summed E-state index contributed by atoms with van der Waals surface area (Å²) in [5.41, 5.74) is 0. The molecule has 0 aromatic rings. The van der Waals surface area contributed by atoms with E-state index in [-0.39, 0.29) is 11.0 Å². The largest absolute Gasteiger partial charge is 0.291 e. The van der Waals surface area contributed by atoms with Crippen molar-refractivity contribution in [2.24, 2.45) is 4.99 Å². The van der Waals surface area contributed by atoms with Crippen molar-refractivity contribution in [2.75, 3.05) is 12.4 Å². The highest BCUT2D eigenvalue weighted by molar-refractivity contribution is 6.83. The van der Waals surface area contributed by atoms with Crippen molar-refractivity contribution in [3.8, 4) is 0 Å². The Morgan fingerprint density at radius 2 is 2.08 bits per heavy atom. The molecule has 0 spiro atoms. The summed E-state index contributed by atoms with van der Waals surface area (Å²) in [5, 5.41) is 0.124. The molecule has 0 unspecified atom stereocenters. The zero-order chi connectivity index (χ0) is 10.1. The molecular weight excluding hydrogens is 209 g/mol. The molecule has 0 amide bonds. The lowest BCUT2D eigenvalue weighted by Gasteiger charge is -1.96. The van der Waals surface area contributed by atoms with Crippen molar-refractivity contribution in [1.82, 2.24) is 0 Å². The molecule has 0 aliphatic carbocycles. The summed E-state index contributed by atoms with van der Waals surface area (Å²) in [6.45, 7) is 2.71. The van der Waals surface area contributed by atoms with Crippen LogP contribution in [0.5, 0.6) is 0 Å². The second-order valence-electron chi connectivity index (χ2n) is 2.74. The van der Waals surface area contributed by atoms with Crippen molar-refractivity contribution in [3.05, 3.63) is 0 Å². The van der Waals surface area contributed by atoms with Crippen molar-refractivity contribution in [2.45, 2.75) is 32.6 Å². The zero-order valence-electron chi connectivity index (χ0n) is 7.85. The summed E-state index contributed by atoms with van der Waals surface area (Å²) < 4.78 is 0. The number of carbonyl (C=O) groups is 1. The molecule has 2 nitrogen and oxygen atoms in total. The number of aliphatic imine (C=N–C) groups is 1. The lowest BCUT2D eigenvalue weighted by molar-refractivity contribution is -0.112. The number of ketones is 1. The van der Waals surface area contributed by atoms with E-state index >= 15 is 0 Å². The van der Waals surface area contributed by atoms with Crippen LogP contribution >= 0.6 is 23.2 Å². The second-order valence-corrected chi connectivity index (χ2v) is 3.48. The minimum Gasteiger partial charge on any atom is -0.291 e. The first-order valence-corrected chi connectivity index (χ1v) is 5.42. The fraction of sp³-hybridized carbons (Fsp3) is 0.778. The monoisotopic (exact) mass is 223 g/mol. The summed E-state index contributed by atoms with van der Waals surface area (Å²) in [6, 6.07) is 0. The number of rotatable bonds is 7. The van der Waals surface area contributed by atoms with Gasteiger partial charge in [-0.1, -0.05) is 24.9 Å². The first-order chi connectivity index (χ1) is 6.22. The minimum atomic E-state index is -0.0987. The molecule has 0 fully saturated rings. The van der Waals surface area contributed by atoms with Gasteiger partial charge in [-0.15, -0.1) is 11.6 Å². The van der Waals surface area contributed by atoms with Crippen LogP contribution in [0.4, 0.5) is 0 Å². The minimum absolute atomic E-state index is 0.0987. The van der Waals surface area contributed by atoms with Crippen LogP contribution in [-0.4, -0.2) is 23.4 Å². The van der Waals surface area contributed by atoms with Crippen molar-refractivity contribution >= 4 is 34.2 Å². The molecule has 0 rings (SSSR count). The Morgan fingerprint density at radius 1 is 1.38 bits per heavy atom. The smallest absolute Gasteiger partial charge is 0.192 e. The SMILES string of the molecule is CCCCN=C(Cl)C(=O)CCCCl. The van der Waals surface area contributed by atoms with Crippen molar-refractivity contribution in [1.29, 1.82) is 0 Å². The number of hydrogen-bond donors (Lipinski definition) is 0. The van der Waals surface area contributed by atoms with Gasteiger partial charge >= 0.3 is 0 Å². The first-order valence-electron chi connectivity index (χ1n) is 4.51. The van der Waals surface area contributed by atoms with Crippen molar-refractivity contribution < 1.29 is 4.79 Å². The molecular formula is C9H15Cl2NO. The van der Waals surface area contributed by atoms with Gasteiger partial charge in [0.05, 0.1) is 0 Å². The molecule has 0 aromatic carbocycles. The quantitative estimate of drug-likeness (QED) is 0.371. The lowest BCUT2D eigenvalue weighted by Crippen LogP contribution is -2.08. The number of alkyl halides is 1. The maximum absolute atomic E-state index is 11.2. The molecule has 4 heteroatoms. The van der Waals surface area contributed by atoms with Crippen LogP contribution in [0.3, 0.4) is 0 Å². The fourth-order valence-corrected chi connectivity index (χ4v) is 1.07. The standard InChI is InChI=1S/C9H15Cl2NO/c1-2-3-7-12-9(11)8(13)5-4-6-10/h2-7H2,1H3. The molecule has 0 bridgehead atoms. The van der Waals surface area contributed by atoms with Gasteiger partial charge in [-0.3, -0.25) is 9.79 Å². The molecule has 0 atom stereocenters. The third-order valence-electron chi connectivity index (χ3n) is 1.53. The van der Waals surface area contributed by atoms with Gasteiger partial charge in [-0.2, -0.15) is 0 Å². The van der Waals surface area contributed by atoms with Gasteiger partial charge in [0.1, 0.15) is 0 Å². The Balaban J connectivity index is 3.72. The Kier molecular flexibility index (Phi) is 8.46. The van der Waals surface area contributed by atoms with E-state index < -0.39 is 0 Å². The van der Waals surface area contributed by atoms with E-state index in [0.717, 1.165) is 12.8 Å². The van der Waals surface area contributed by atoms with Crippen LogP contribution in [0, 0.1) is 0 Å². The summed E-state index contributed by atoms with van der Waals surface area (Å²) in [4.78, 5) is 15.1. The Morgan fingerprint density at radius 3 is 2.62 bits per heavy atom. The topological polar surface area (TPSA) is 29.4 Å². The number of unbranched alkanes of at least 4 members (excludes halogenated alkanes) is 1. The molecule has 0 radical (unpaired) electrons. The third kappa shape index (κ3) is 7.03. The van der Waals surface area contributed by atoms with Crippen LogP contribution in [0.1, 0.15) is 32.6 Å². The predicted octanol–water partition coefficient (Wildman–Crippen LogP) is 3.01. The van der Waals surface area contributed by atoms with Crippen LogP contribution in [0.2, 0.25) is 0 Å². The molecule has 13 heavy (non-hydrogen) atoms. The normalized spacial score (nSPS) is 11.8. The van der Waals surface area contributed by atoms with Gasteiger partial charge < -0.3 is 0 Å². The lowest BCUT2D eigenvalue weighted by atomic mass is 10.2. The molecule has 0 saturated heterocycles. The van der Waals surface area contributed by atoms with Crippen LogP contribution in [0.25, 0.3) is 0 Å². The predicted molar refractivity (Wildman–Crippen MR) is 58.0 cm³/mol. The number of nitrogens with zero attached hydrogens (tertiary/aromatic N) is 1. The molecule has 76 valence electrons. The molecule has 0 heterocycles. The average Bonchev–Trinajstić information content (AvgIpc) is 2.14. The van der Waals surface area contributed by atoms with Gasteiger partial charge in [-0.25, -0.2) is 0 Å². The number of hydrogen-bond acceptors (Lipinski definition) is 2. The van der Waals surface area contributed by atoms with E-state index in [2.05, 4.69) is 11.9 Å². The maximum Gasteiger partial charge on any atom is 0.192 e. The van der Waals surface area contributed by atoms with E-state index in [1.54, 1.807) is 0 Å². The molecule has 0 aliphatic rings. The summed E-state index contributed by atoms with van der Waals surface area (Å²) in [7, 11) is 0. The highest BCUT2D eigenvalue weighted by Gasteiger charge is 2.06. The van der Waals surface area contributed by atoms with E-state index in [1.807, 2.05) is 0 Å². The van der Waals surface area contributed by atoms with Gasteiger partial charge in [0.2, 0.25) is 0 Å². The van der Waals surface area contributed by atoms with Crippen LogP contribution < -0.4 is 0 Å². The number of carbonyl (C=O) groups excluding carboxylic acids is 1. The molecule has 0 aromatic heterocycles. The maximum atomic E-state index is 11.2. The Hall–Kier alpha value is -0.0800. The number of halogens is 2. The molecule has 0 N–H and O–H groups in total. The zero-order valence-corrected chi connectivity index (χ0v) is 9.37. The van der Waals surface area contributed by atoms with E-state index in [4.69, 9.17) is 23.2 Å². The average molecular weight is 224 g/mol. The molecule has 0 aliphatic heterocycles. The first kappa shape index (κ1) is 12.9. The number of Topliss-reactive ketones (excluding diaryl/α,β-unsaturated/α-hetero) is 1.